The highest BCUT2D eigenvalue weighted by molar-refractivity contribution is 9.10. The molecule has 0 saturated carbocycles. The van der Waals surface area contributed by atoms with Gasteiger partial charge in [-0.3, -0.25) is 4.79 Å². The Morgan fingerprint density at radius 3 is 3.05 bits per heavy atom. The second-order valence-corrected chi connectivity index (χ2v) is 7.22. The van der Waals surface area contributed by atoms with E-state index in [0.717, 1.165) is 26.5 Å². The fraction of sp³-hybridized carbons (Fsp3) is 0.333. The molecule has 110 valence electrons. The maximum absolute atomic E-state index is 12.4. The Bertz CT molecular complexity index is 679. The summed E-state index contributed by atoms with van der Waals surface area (Å²) in [5.41, 5.74) is 1.97. The summed E-state index contributed by atoms with van der Waals surface area (Å²) in [6.07, 6.45) is 0. The molecule has 0 saturated heterocycles. The highest BCUT2D eigenvalue weighted by Crippen LogP contribution is 2.35. The van der Waals surface area contributed by atoms with Crippen LogP contribution >= 0.6 is 27.3 Å². The van der Waals surface area contributed by atoms with E-state index in [-0.39, 0.29) is 11.8 Å². The molecular formula is C15H15BrN2O2S. The molecule has 0 spiro atoms. The van der Waals surface area contributed by atoms with Gasteiger partial charge in [0, 0.05) is 14.9 Å². The van der Waals surface area contributed by atoms with Gasteiger partial charge in [-0.1, -0.05) is 15.9 Å². The van der Waals surface area contributed by atoms with Crippen LogP contribution in [0.1, 0.15) is 27.1 Å². The van der Waals surface area contributed by atoms with Gasteiger partial charge in [-0.05, 0) is 32.0 Å². The Kier molecular flexibility index (Phi) is 3.99. The molecule has 1 atom stereocenters. The monoisotopic (exact) mass is 366 g/mol. The SMILES string of the molecule is Cc1nc(CNC(=O)C2COc3ccc(Br)cc32)sc1C. The number of fused-ring (bicyclic) bond motifs is 1. The minimum Gasteiger partial charge on any atom is -0.492 e. The van der Waals surface area contributed by atoms with E-state index >= 15 is 0 Å². The van der Waals surface area contributed by atoms with Crippen LogP contribution in [0.4, 0.5) is 0 Å². The number of halogens is 1. The molecule has 3 rings (SSSR count). The summed E-state index contributed by atoms with van der Waals surface area (Å²) in [7, 11) is 0. The Labute approximate surface area is 135 Å². The van der Waals surface area contributed by atoms with E-state index in [1.165, 1.54) is 4.88 Å². The number of hydrogen-bond acceptors (Lipinski definition) is 4. The van der Waals surface area contributed by atoms with Crippen molar-refractivity contribution in [1.29, 1.82) is 0 Å². The number of nitrogens with zero attached hydrogens (tertiary/aromatic N) is 1. The van der Waals surface area contributed by atoms with Crippen molar-refractivity contribution >= 4 is 33.2 Å². The van der Waals surface area contributed by atoms with Crippen molar-refractivity contribution in [3.05, 3.63) is 43.8 Å². The number of rotatable bonds is 3. The molecule has 1 aromatic heterocycles. The van der Waals surface area contributed by atoms with Crippen molar-refractivity contribution in [3.63, 3.8) is 0 Å². The lowest BCUT2D eigenvalue weighted by molar-refractivity contribution is -0.122. The van der Waals surface area contributed by atoms with E-state index in [9.17, 15) is 4.79 Å². The van der Waals surface area contributed by atoms with Crippen LogP contribution in [0.15, 0.2) is 22.7 Å². The Morgan fingerprint density at radius 1 is 1.52 bits per heavy atom. The fourth-order valence-corrected chi connectivity index (χ4v) is 3.56. The summed E-state index contributed by atoms with van der Waals surface area (Å²) in [5, 5.41) is 3.89. The summed E-state index contributed by atoms with van der Waals surface area (Å²) in [6.45, 7) is 4.89. The van der Waals surface area contributed by atoms with Gasteiger partial charge in [0.25, 0.3) is 0 Å². The molecule has 1 N–H and O–H groups in total. The number of hydrogen-bond donors (Lipinski definition) is 1. The molecule has 21 heavy (non-hydrogen) atoms. The van der Waals surface area contributed by atoms with Crippen LogP contribution in [0.3, 0.4) is 0 Å². The van der Waals surface area contributed by atoms with Gasteiger partial charge < -0.3 is 10.1 Å². The number of aromatic nitrogens is 1. The number of nitrogens with one attached hydrogen (secondary N) is 1. The van der Waals surface area contributed by atoms with E-state index in [0.29, 0.717) is 13.2 Å². The predicted octanol–water partition coefficient (Wildman–Crippen LogP) is 3.31. The van der Waals surface area contributed by atoms with Crippen LogP contribution in [0.2, 0.25) is 0 Å². The number of ether oxygens (including phenoxy) is 1. The second kappa shape index (κ2) is 5.77. The number of carbonyl (C=O) groups is 1. The van der Waals surface area contributed by atoms with Gasteiger partial charge in [-0.15, -0.1) is 11.3 Å². The summed E-state index contributed by atoms with van der Waals surface area (Å²) in [4.78, 5) is 18.0. The maximum atomic E-state index is 12.4. The zero-order valence-corrected chi connectivity index (χ0v) is 14.2. The van der Waals surface area contributed by atoms with Gasteiger partial charge in [-0.25, -0.2) is 4.98 Å². The van der Waals surface area contributed by atoms with Crippen LogP contribution in [-0.4, -0.2) is 17.5 Å². The van der Waals surface area contributed by atoms with Crippen molar-refractivity contribution in [2.75, 3.05) is 6.61 Å². The van der Waals surface area contributed by atoms with E-state index in [1.807, 2.05) is 32.0 Å². The second-order valence-electron chi connectivity index (χ2n) is 5.01. The molecule has 6 heteroatoms. The largest absolute Gasteiger partial charge is 0.492 e. The smallest absolute Gasteiger partial charge is 0.231 e. The van der Waals surface area contributed by atoms with Crippen molar-refractivity contribution < 1.29 is 9.53 Å². The van der Waals surface area contributed by atoms with Gasteiger partial charge in [0.1, 0.15) is 23.3 Å². The Hall–Kier alpha value is -1.40. The summed E-state index contributed by atoms with van der Waals surface area (Å²) in [5.74, 6) is 0.524. The number of carbonyl (C=O) groups excluding carboxylic acids is 1. The van der Waals surface area contributed by atoms with E-state index in [4.69, 9.17) is 4.74 Å². The normalized spacial score (nSPS) is 16.4. The summed E-state index contributed by atoms with van der Waals surface area (Å²) in [6, 6.07) is 5.75. The first kappa shape index (κ1) is 14.5. The molecule has 0 bridgehead atoms. The first-order valence-corrected chi connectivity index (χ1v) is 8.28. The number of thiazole rings is 1. The van der Waals surface area contributed by atoms with Crippen LogP contribution in [0, 0.1) is 13.8 Å². The standard InChI is InChI=1S/C15H15BrN2O2S/c1-8-9(2)21-14(18-8)6-17-15(19)12-7-20-13-4-3-10(16)5-11(12)13/h3-5,12H,6-7H2,1-2H3,(H,17,19). The molecule has 4 nitrogen and oxygen atoms in total. The lowest BCUT2D eigenvalue weighted by Gasteiger charge is -2.09. The number of amides is 1. The van der Waals surface area contributed by atoms with Gasteiger partial charge in [-0.2, -0.15) is 0 Å². The van der Waals surface area contributed by atoms with Gasteiger partial charge in [0.15, 0.2) is 0 Å². The van der Waals surface area contributed by atoms with Gasteiger partial charge in [0.05, 0.1) is 12.2 Å². The highest BCUT2D eigenvalue weighted by atomic mass is 79.9. The van der Waals surface area contributed by atoms with E-state index < -0.39 is 0 Å². The van der Waals surface area contributed by atoms with E-state index in [1.54, 1.807) is 11.3 Å². The molecule has 1 aliphatic heterocycles. The molecule has 1 amide bonds. The molecule has 2 aromatic rings. The third kappa shape index (κ3) is 2.96. The van der Waals surface area contributed by atoms with Crippen molar-refractivity contribution in [1.82, 2.24) is 10.3 Å². The third-order valence-corrected chi connectivity index (χ3v) is 5.12. The van der Waals surface area contributed by atoms with Crippen molar-refractivity contribution in [2.24, 2.45) is 0 Å². The van der Waals surface area contributed by atoms with Gasteiger partial charge >= 0.3 is 0 Å². The first-order valence-electron chi connectivity index (χ1n) is 6.67. The van der Waals surface area contributed by atoms with E-state index in [2.05, 4.69) is 26.2 Å². The maximum Gasteiger partial charge on any atom is 0.231 e. The van der Waals surface area contributed by atoms with Crippen LogP contribution in [0.25, 0.3) is 0 Å². The Morgan fingerprint density at radius 2 is 2.33 bits per heavy atom. The topological polar surface area (TPSA) is 51.2 Å². The van der Waals surface area contributed by atoms with Crippen LogP contribution in [-0.2, 0) is 11.3 Å². The third-order valence-electron chi connectivity index (χ3n) is 3.56. The van der Waals surface area contributed by atoms with Crippen molar-refractivity contribution in [3.8, 4) is 5.75 Å². The molecule has 2 heterocycles. The Balaban J connectivity index is 1.69. The molecule has 1 aromatic carbocycles. The molecule has 1 aliphatic rings. The van der Waals surface area contributed by atoms with Crippen molar-refractivity contribution in [2.45, 2.75) is 26.3 Å². The minimum atomic E-state index is -0.250. The first-order chi connectivity index (χ1) is 10.0. The fourth-order valence-electron chi connectivity index (χ4n) is 2.30. The minimum absolute atomic E-state index is 0.0163. The lowest BCUT2D eigenvalue weighted by atomic mass is 10.0. The average molecular weight is 367 g/mol. The molecule has 0 fully saturated rings. The molecule has 1 unspecified atom stereocenters. The lowest BCUT2D eigenvalue weighted by Crippen LogP contribution is -2.29. The van der Waals surface area contributed by atoms with Crippen LogP contribution < -0.4 is 10.1 Å². The quantitative estimate of drug-likeness (QED) is 0.906. The zero-order valence-electron chi connectivity index (χ0n) is 11.8. The summed E-state index contributed by atoms with van der Waals surface area (Å²) >= 11 is 5.05. The van der Waals surface area contributed by atoms with Crippen LogP contribution in [0.5, 0.6) is 5.75 Å². The summed E-state index contributed by atoms with van der Waals surface area (Å²) < 4.78 is 6.52. The average Bonchev–Trinajstić information content (AvgIpc) is 3.00. The van der Waals surface area contributed by atoms with Gasteiger partial charge in [0.2, 0.25) is 5.91 Å². The molecular weight excluding hydrogens is 352 g/mol. The molecule has 0 radical (unpaired) electrons. The zero-order chi connectivity index (χ0) is 15.0. The highest BCUT2D eigenvalue weighted by Gasteiger charge is 2.30. The number of benzene rings is 1. The molecule has 0 aliphatic carbocycles. The predicted molar refractivity (Wildman–Crippen MR) is 85.8 cm³/mol. The number of aryl methyl sites for hydroxylation is 2.